The van der Waals surface area contributed by atoms with Crippen LogP contribution in [0.5, 0.6) is 0 Å². The summed E-state index contributed by atoms with van der Waals surface area (Å²) in [6.45, 7) is 2.71. The molecule has 11 heavy (non-hydrogen) atoms. The molecule has 2 aliphatic heterocycles. The van der Waals surface area contributed by atoms with Crippen LogP contribution in [0.1, 0.15) is 38.5 Å². The Labute approximate surface area is 74.9 Å². The third-order valence-electron chi connectivity index (χ3n) is 2.73. The van der Waals surface area contributed by atoms with Crippen LogP contribution >= 0.6 is 0 Å². The zero-order valence-electron chi connectivity index (χ0n) is 6.98. The lowest BCUT2D eigenvalue weighted by molar-refractivity contribution is -0.520. The molecule has 0 aromatic carbocycles. The van der Waals surface area contributed by atoms with Crippen LogP contribution in [0.4, 0.5) is 0 Å². The fourth-order valence-corrected chi connectivity index (χ4v) is 2.15. The van der Waals surface area contributed by atoms with Gasteiger partial charge in [-0.1, -0.05) is 0 Å². The Hall–Kier alpha value is -0.0400. The molecule has 0 bridgehead atoms. The van der Waals surface area contributed by atoms with E-state index in [0.717, 1.165) is 0 Å². The number of hydrogen-bond acceptors (Lipinski definition) is 0. The van der Waals surface area contributed by atoms with Crippen molar-refractivity contribution < 1.29 is 17.0 Å². The molecule has 0 aliphatic carbocycles. The van der Waals surface area contributed by atoms with Gasteiger partial charge in [0.05, 0.1) is 0 Å². The summed E-state index contributed by atoms with van der Waals surface area (Å²) >= 11 is 0. The molecule has 0 amide bonds. The van der Waals surface area contributed by atoms with Crippen LogP contribution in [0.3, 0.4) is 0 Å². The summed E-state index contributed by atoms with van der Waals surface area (Å²) in [6, 6.07) is 0. The Morgan fingerprint density at radius 2 is 1.55 bits per heavy atom. The Kier molecular flexibility index (Phi) is 3.38. The van der Waals surface area contributed by atoms with Crippen molar-refractivity contribution in [3.63, 3.8) is 0 Å². The highest BCUT2D eigenvalue weighted by Gasteiger charge is 2.22. The largest absolute Gasteiger partial charge is 1.00 e. The third kappa shape index (κ3) is 1.96. The van der Waals surface area contributed by atoms with Crippen LogP contribution in [0.25, 0.3) is 0 Å². The first kappa shape index (κ1) is 9.05. The minimum atomic E-state index is 0. The first-order valence-electron chi connectivity index (χ1n) is 4.56. The number of nitrogens with zero attached hydrogens (tertiary/aromatic N) is 1. The maximum atomic E-state index is 2.62. The lowest BCUT2D eigenvalue weighted by atomic mass is 10.1. The van der Waals surface area contributed by atoms with Crippen molar-refractivity contribution in [3.05, 3.63) is 0 Å². The number of hydrogen-bond donors (Lipinski definition) is 0. The van der Waals surface area contributed by atoms with Gasteiger partial charge in [-0.05, 0) is 12.8 Å². The first-order valence-corrected chi connectivity index (χ1v) is 4.56. The van der Waals surface area contributed by atoms with Crippen molar-refractivity contribution in [1.29, 1.82) is 0 Å². The van der Waals surface area contributed by atoms with Crippen LogP contribution in [0.15, 0.2) is 0 Å². The molecule has 0 aromatic rings. The van der Waals surface area contributed by atoms with Crippen LogP contribution in [-0.4, -0.2) is 23.4 Å². The Morgan fingerprint density at radius 3 is 2.45 bits per heavy atom. The monoisotopic (exact) mass is 173 g/mol. The van der Waals surface area contributed by atoms with Gasteiger partial charge in [0.1, 0.15) is 13.1 Å². The fraction of sp³-hybridized carbons (Fsp3) is 0.889. The second kappa shape index (κ2) is 4.10. The van der Waals surface area contributed by atoms with E-state index in [4.69, 9.17) is 0 Å². The van der Waals surface area contributed by atoms with Gasteiger partial charge in [-0.15, -0.1) is 0 Å². The highest BCUT2D eigenvalue weighted by molar-refractivity contribution is 5.80. The first-order chi connectivity index (χ1) is 4.97. The van der Waals surface area contributed by atoms with Gasteiger partial charge in [-0.3, -0.25) is 0 Å². The van der Waals surface area contributed by atoms with Gasteiger partial charge < -0.3 is 12.4 Å². The van der Waals surface area contributed by atoms with E-state index in [0.29, 0.717) is 0 Å². The van der Waals surface area contributed by atoms with E-state index in [1.54, 1.807) is 5.71 Å². The zero-order chi connectivity index (χ0) is 6.81. The molecule has 0 spiro atoms. The molecule has 2 rings (SSSR count). The Balaban J connectivity index is 0.000000605. The minimum Gasteiger partial charge on any atom is -1.00 e. The summed E-state index contributed by atoms with van der Waals surface area (Å²) in [7, 11) is 0. The zero-order valence-corrected chi connectivity index (χ0v) is 7.74. The molecule has 0 aromatic heterocycles. The van der Waals surface area contributed by atoms with E-state index in [9.17, 15) is 0 Å². The standard InChI is InChI=1S/C9H16N.ClH/c1-2-5-9-6-4-8-10(9)7-3-1;/h1-8H2;1H/q+1;/p-1. The second-order valence-electron chi connectivity index (χ2n) is 3.47. The molecule has 2 aliphatic rings. The number of rotatable bonds is 0. The minimum absolute atomic E-state index is 0. The highest BCUT2D eigenvalue weighted by Crippen LogP contribution is 2.15. The normalized spacial score (nSPS) is 24.0. The van der Waals surface area contributed by atoms with Crippen molar-refractivity contribution >= 4 is 5.71 Å². The SMILES string of the molecule is C1CCC2=[N+](CC1)CCC2.[Cl-]. The van der Waals surface area contributed by atoms with E-state index >= 15 is 0 Å². The molecule has 0 fully saturated rings. The van der Waals surface area contributed by atoms with Gasteiger partial charge in [-0.25, -0.2) is 4.58 Å². The average Bonchev–Trinajstić information content (AvgIpc) is 2.28. The number of halogens is 1. The molecule has 0 saturated carbocycles. The lowest BCUT2D eigenvalue weighted by Crippen LogP contribution is -3.00. The fourth-order valence-electron chi connectivity index (χ4n) is 2.15. The molecule has 0 atom stereocenters. The van der Waals surface area contributed by atoms with Crippen molar-refractivity contribution in [2.45, 2.75) is 38.5 Å². The highest BCUT2D eigenvalue weighted by atomic mass is 35.5. The topological polar surface area (TPSA) is 3.01 Å². The van der Waals surface area contributed by atoms with Crippen LogP contribution in [0.2, 0.25) is 0 Å². The molecule has 64 valence electrons. The summed E-state index contributed by atoms with van der Waals surface area (Å²) < 4.78 is 2.62. The summed E-state index contributed by atoms with van der Waals surface area (Å²) in [5, 5.41) is 0. The lowest BCUT2D eigenvalue weighted by Gasteiger charge is -1.94. The predicted octanol–water partition coefficient (Wildman–Crippen LogP) is -1.19. The molecule has 1 nitrogen and oxygen atoms in total. The molecular weight excluding hydrogens is 158 g/mol. The summed E-state index contributed by atoms with van der Waals surface area (Å²) in [5.41, 5.74) is 1.76. The molecule has 0 saturated heterocycles. The van der Waals surface area contributed by atoms with Crippen molar-refractivity contribution in [2.75, 3.05) is 13.1 Å². The average molecular weight is 174 g/mol. The molecule has 0 radical (unpaired) electrons. The molecular formula is C9H16ClN. The van der Waals surface area contributed by atoms with E-state index in [1.807, 2.05) is 0 Å². The van der Waals surface area contributed by atoms with Gasteiger partial charge >= 0.3 is 0 Å². The molecule has 2 heterocycles. The van der Waals surface area contributed by atoms with Gasteiger partial charge in [0, 0.05) is 25.7 Å². The smallest absolute Gasteiger partial charge is 0.152 e. The van der Waals surface area contributed by atoms with Crippen LogP contribution < -0.4 is 12.4 Å². The summed E-state index contributed by atoms with van der Waals surface area (Å²) in [5.74, 6) is 0. The summed E-state index contributed by atoms with van der Waals surface area (Å²) in [4.78, 5) is 0. The molecule has 0 N–H and O–H groups in total. The Morgan fingerprint density at radius 1 is 0.818 bits per heavy atom. The van der Waals surface area contributed by atoms with Crippen LogP contribution in [-0.2, 0) is 0 Å². The van der Waals surface area contributed by atoms with E-state index < -0.39 is 0 Å². The maximum Gasteiger partial charge on any atom is 0.152 e. The van der Waals surface area contributed by atoms with Gasteiger partial charge in [0.25, 0.3) is 0 Å². The van der Waals surface area contributed by atoms with Crippen molar-refractivity contribution in [2.24, 2.45) is 0 Å². The Bertz CT molecular complexity index is 147. The molecule has 2 heteroatoms. The van der Waals surface area contributed by atoms with Crippen molar-refractivity contribution in [1.82, 2.24) is 0 Å². The predicted molar refractivity (Wildman–Crippen MR) is 42.7 cm³/mol. The second-order valence-corrected chi connectivity index (χ2v) is 3.47. The quantitative estimate of drug-likeness (QED) is 0.406. The van der Waals surface area contributed by atoms with Gasteiger partial charge in [0.15, 0.2) is 5.71 Å². The van der Waals surface area contributed by atoms with E-state index in [1.165, 1.54) is 51.6 Å². The van der Waals surface area contributed by atoms with E-state index in [-0.39, 0.29) is 12.4 Å². The van der Waals surface area contributed by atoms with Gasteiger partial charge in [0.2, 0.25) is 0 Å². The summed E-state index contributed by atoms with van der Waals surface area (Å²) in [6.07, 6.45) is 8.57. The molecule has 0 unspecified atom stereocenters. The van der Waals surface area contributed by atoms with Crippen molar-refractivity contribution in [3.8, 4) is 0 Å². The van der Waals surface area contributed by atoms with Gasteiger partial charge in [-0.2, -0.15) is 0 Å². The van der Waals surface area contributed by atoms with E-state index in [2.05, 4.69) is 4.58 Å². The maximum absolute atomic E-state index is 2.62. The third-order valence-corrected chi connectivity index (χ3v) is 2.73. The van der Waals surface area contributed by atoms with Crippen LogP contribution in [0, 0.1) is 0 Å².